The van der Waals surface area contributed by atoms with Crippen molar-refractivity contribution in [3.63, 3.8) is 0 Å². The zero-order valence-electron chi connectivity index (χ0n) is 9.53. The molecule has 0 unspecified atom stereocenters. The van der Waals surface area contributed by atoms with Crippen LogP contribution in [0.5, 0.6) is 0 Å². The first kappa shape index (κ1) is 15.4. The first-order valence-electron chi connectivity index (χ1n) is 5.26. The summed E-state index contributed by atoms with van der Waals surface area (Å²) in [6.45, 7) is 0.546. The molecule has 3 nitrogen and oxygen atoms in total. The van der Waals surface area contributed by atoms with E-state index in [4.69, 9.17) is 11.6 Å². The molecule has 0 aliphatic rings. The van der Waals surface area contributed by atoms with Crippen molar-refractivity contribution in [3.8, 4) is 0 Å². The summed E-state index contributed by atoms with van der Waals surface area (Å²) in [5, 5.41) is 0.962. The molecular formula is C10H15BrClNO2S2. The average molecular weight is 361 g/mol. The second kappa shape index (κ2) is 7.09. The Morgan fingerprint density at radius 2 is 2.06 bits per heavy atom. The van der Waals surface area contributed by atoms with Crippen LogP contribution in [-0.2, 0) is 10.0 Å². The Balaban J connectivity index is 2.58. The maximum Gasteiger partial charge on any atom is 0.252 e. The monoisotopic (exact) mass is 359 g/mol. The maximum atomic E-state index is 12.1. The van der Waals surface area contributed by atoms with E-state index in [2.05, 4.69) is 15.9 Å². The van der Waals surface area contributed by atoms with Gasteiger partial charge in [0.25, 0.3) is 10.0 Å². The standard InChI is InChI=1S/C10H15BrClNO2S2/c1-13(8-4-2-3-7-11)17(14,15)10-6-5-9(12)16-10/h5-6H,2-4,7-8H2,1H3. The summed E-state index contributed by atoms with van der Waals surface area (Å²) in [6, 6.07) is 3.16. The summed E-state index contributed by atoms with van der Waals surface area (Å²) in [5.74, 6) is 0. The van der Waals surface area contributed by atoms with Crippen LogP contribution in [-0.4, -0.2) is 31.6 Å². The van der Waals surface area contributed by atoms with Crippen molar-refractivity contribution >= 4 is 48.9 Å². The minimum Gasteiger partial charge on any atom is -0.206 e. The van der Waals surface area contributed by atoms with E-state index in [-0.39, 0.29) is 0 Å². The molecule has 1 heterocycles. The van der Waals surface area contributed by atoms with Gasteiger partial charge in [-0.2, -0.15) is 0 Å². The number of hydrogen-bond acceptors (Lipinski definition) is 3. The van der Waals surface area contributed by atoms with Gasteiger partial charge in [0.15, 0.2) is 0 Å². The average Bonchev–Trinajstić information content (AvgIpc) is 2.71. The highest BCUT2D eigenvalue weighted by atomic mass is 79.9. The van der Waals surface area contributed by atoms with Crippen molar-refractivity contribution in [1.82, 2.24) is 4.31 Å². The van der Waals surface area contributed by atoms with E-state index >= 15 is 0 Å². The number of sulfonamides is 1. The van der Waals surface area contributed by atoms with Crippen LogP contribution in [0, 0.1) is 0 Å². The number of nitrogens with zero attached hydrogens (tertiary/aromatic N) is 1. The van der Waals surface area contributed by atoms with Crippen molar-refractivity contribution < 1.29 is 8.42 Å². The van der Waals surface area contributed by atoms with Crippen LogP contribution in [0.4, 0.5) is 0 Å². The predicted molar refractivity (Wildman–Crippen MR) is 76.8 cm³/mol. The number of rotatable bonds is 7. The number of hydrogen-bond donors (Lipinski definition) is 0. The molecule has 98 valence electrons. The van der Waals surface area contributed by atoms with Gasteiger partial charge in [0.2, 0.25) is 0 Å². The molecule has 1 aromatic heterocycles. The SMILES string of the molecule is CN(CCCCCBr)S(=O)(=O)c1ccc(Cl)s1. The normalized spacial score (nSPS) is 12.2. The van der Waals surface area contributed by atoms with Crippen LogP contribution in [0.3, 0.4) is 0 Å². The Kier molecular flexibility index (Phi) is 6.44. The molecule has 0 saturated carbocycles. The maximum absolute atomic E-state index is 12.1. The molecule has 0 amide bonds. The molecule has 0 bridgehead atoms. The second-order valence-corrected chi connectivity index (χ2v) is 8.41. The van der Waals surface area contributed by atoms with Gasteiger partial charge in [-0.15, -0.1) is 11.3 Å². The van der Waals surface area contributed by atoms with E-state index in [1.165, 1.54) is 4.31 Å². The highest BCUT2D eigenvalue weighted by Crippen LogP contribution is 2.27. The molecule has 0 atom stereocenters. The molecule has 0 aromatic carbocycles. The molecule has 1 aromatic rings. The summed E-state index contributed by atoms with van der Waals surface area (Å²) in [7, 11) is -1.74. The van der Waals surface area contributed by atoms with Crippen molar-refractivity contribution in [1.29, 1.82) is 0 Å². The number of halogens is 2. The van der Waals surface area contributed by atoms with Gasteiger partial charge in [0.05, 0.1) is 4.34 Å². The fourth-order valence-electron chi connectivity index (χ4n) is 1.32. The van der Waals surface area contributed by atoms with Gasteiger partial charge in [0.1, 0.15) is 4.21 Å². The molecule has 0 saturated heterocycles. The molecule has 0 aliphatic carbocycles. The van der Waals surface area contributed by atoms with Gasteiger partial charge >= 0.3 is 0 Å². The van der Waals surface area contributed by atoms with Gasteiger partial charge in [-0.3, -0.25) is 0 Å². The van der Waals surface area contributed by atoms with E-state index in [0.717, 1.165) is 35.9 Å². The minimum absolute atomic E-state index is 0.311. The fraction of sp³-hybridized carbons (Fsp3) is 0.600. The van der Waals surface area contributed by atoms with Crippen molar-refractivity contribution in [2.75, 3.05) is 18.9 Å². The van der Waals surface area contributed by atoms with E-state index in [0.29, 0.717) is 15.1 Å². The van der Waals surface area contributed by atoms with Crippen LogP contribution in [0.1, 0.15) is 19.3 Å². The molecule has 7 heteroatoms. The van der Waals surface area contributed by atoms with Gasteiger partial charge in [-0.05, 0) is 25.0 Å². The Hall–Kier alpha value is 0.380. The van der Waals surface area contributed by atoms with E-state index in [1.54, 1.807) is 19.2 Å². The molecule has 0 aliphatic heterocycles. The zero-order valence-corrected chi connectivity index (χ0v) is 13.5. The van der Waals surface area contributed by atoms with Gasteiger partial charge in [-0.1, -0.05) is 34.0 Å². The fourth-order valence-corrected chi connectivity index (χ4v) is 4.62. The molecule has 0 spiro atoms. The topological polar surface area (TPSA) is 37.4 Å². The lowest BCUT2D eigenvalue weighted by Crippen LogP contribution is -2.27. The summed E-state index contributed by atoms with van der Waals surface area (Å²) in [6.07, 6.45) is 2.97. The van der Waals surface area contributed by atoms with Crippen molar-refractivity contribution in [2.45, 2.75) is 23.5 Å². The molecule has 1 rings (SSSR count). The Morgan fingerprint density at radius 1 is 1.35 bits per heavy atom. The Labute approximate surface area is 120 Å². The summed E-state index contributed by atoms with van der Waals surface area (Å²) in [5.41, 5.74) is 0. The first-order valence-corrected chi connectivity index (χ1v) is 9.01. The van der Waals surface area contributed by atoms with Gasteiger partial charge < -0.3 is 0 Å². The van der Waals surface area contributed by atoms with Crippen LogP contribution in [0.2, 0.25) is 4.34 Å². The van der Waals surface area contributed by atoms with E-state index in [9.17, 15) is 8.42 Å². The third kappa shape index (κ3) is 4.52. The summed E-state index contributed by atoms with van der Waals surface area (Å²) in [4.78, 5) is 0. The van der Waals surface area contributed by atoms with E-state index < -0.39 is 10.0 Å². The molecule has 0 radical (unpaired) electrons. The Bertz CT molecular complexity index is 447. The van der Waals surface area contributed by atoms with Gasteiger partial charge in [0, 0.05) is 18.9 Å². The molecule has 0 N–H and O–H groups in total. The summed E-state index contributed by atoms with van der Waals surface area (Å²) >= 11 is 10.2. The quantitative estimate of drug-likeness (QED) is 0.550. The van der Waals surface area contributed by atoms with Crippen molar-refractivity contribution in [3.05, 3.63) is 16.5 Å². The molecule has 0 fully saturated rings. The highest BCUT2D eigenvalue weighted by molar-refractivity contribution is 9.09. The van der Waals surface area contributed by atoms with Crippen LogP contribution in [0.15, 0.2) is 16.3 Å². The lowest BCUT2D eigenvalue weighted by Gasteiger charge is -2.15. The zero-order chi connectivity index (χ0) is 12.9. The number of alkyl halides is 1. The summed E-state index contributed by atoms with van der Waals surface area (Å²) < 4.78 is 26.4. The molecule has 17 heavy (non-hydrogen) atoms. The smallest absolute Gasteiger partial charge is 0.206 e. The third-order valence-corrected chi connectivity index (χ3v) is 6.44. The van der Waals surface area contributed by atoms with E-state index in [1.807, 2.05) is 0 Å². The second-order valence-electron chi connectivity index (χ2n) is 3.63. The lowest BCUT2D eigenvalue weighted by molar-refractivity contribution is 0.456. The Morgan fingerprint density at radius 3 is 2.59 bits per heavy atom. The van der Waals surface area contributed by atoms with Crippen LogP contribution in [0.25, 0.3) is 0 Å². The molecular weight excluding hydrogens is 346 g/mol. The lowest BCUT2D eigenvalue weighted by atomic mass is 10.2. The van der Waals surface area contributed by atoms with Gasteiger partial charge in [-0.25, -0.2) is 12.7 Å². The number of thiophene rings is 1. The largest absolute Gasteiger partial charge is 0.252 e. The predicted octanol–water partition coefficient (Wildman–Crippen LogP) is 3.59. The first-order chi connectivity index (χ1) is 7.98. The van der Waals surface area contributed by atoms with Crippen LogP contribution < -0.4 is 0 Å². The van der Waals surface area contributed by atoms with Crippen LogP contribution >= 0.6 is 38.9 Å². The highest BCUT2D eigenvalue weighted by Gasteiger charge is 2.21. The van der Waals surface area contributed by atoms with Crippen molar-refractivity contribution in [2.24, 2.45) is 0 Å². The third-order valence-electron chi connectivity index (χ3n) is 2.32. The number of unbranched alkanes of at least 4 members (excludes halogenated alkanes) is 2. The minimum atomic E-state index is -3.35.